The lowest BCUT2D eigenvalue weighted by molar-refractivity contribution is -0.141. The van der Waals surface area contributed by atoms with Gasteiger partial charge in [0.05, 0.1) is 17.0 Å². The molecule has 0 radical (unpaired) electrons. The Kier molecular flexibility index (Phi) is 5.88. The van der Waals surface area contributed by atoms with E-state index in [0.717, 1.165) is 10.1 Å². The number of nitrogens with one attached hydrogen (secondary N) is 1. The molecule has 3 rings (SSSR count). The fourth-order valence-corrected chi connectivity index (χ4v) is 4.93. The number of benzene rings is 1. The molecule has 0 atom stereocenters. The Morgan fingerprint density at radius 2 is 1.89 bits per heavy atom. The number of hydrogen-bond acceptors (Lipinski definition) is 5. The van der Waals surface area contributed by atoms with Crippen LogP contribution in [0.1, 0.15) is 43.0 Å². The largest absolute Gasteiger partial charge is 0.481 e. The van der Waals surface area contributed by atoms with Crippen molar-refractivity contribution in [3.8, 4) is 0 Å². The zero-order chi connectivity index (χ0) is 20.3. The number of carbonyl (C=O) groups is 3. The first-order chi connectivity index (χ1) is 13.3. The van der Waals surface area contributed by atoms with Gasteiger partial charge in [-0.1, -0.05) is 18.2 Å². The van der Waals surface area contributed by atoms with Gasteiger partial charge < -0.3 is 21.1 Å². The van der Waals surface area contributed by atoms with E-state index in [4.69, 9.17) is 5.73 Å². The summed E-state index contributed by atoms with van der Waals surface area (Å²) in [4.78, 5) is 38.3. The first-order valence-corrected chi connectivity index (χ1v) is 10.2. The molecule has 1 fully saturated rings. The van der Waals surface area contributed by atoms with Gasteiger partial charge in [0.15, 0.2) is 0 Å². The Morgan fingerprint density at radius 1 is 1.21 bits per heavy atom. The van der Waals surface area contributed by atoms with E-state index in [-0.39, 0.29) is 24.7 Å². The number of nitrogens with zero attached hydrogens (tertiary/aromatic N) is 1. The van der Waals surface area contributed by atoms with Crippen LogP contribution in [0, 0.1) is 5.41 Å². The maximum Gasteiger partial charge on any atom is 0.303 e. The van der Waals surface area contributed by atoms with Gasteiger partial charge in [-0.3, -0.25) is 14.4 Å². The Labute approximate surface area is 167 Å². The van der Waals surface area contributed by atoms with Crippen LogP contribution in [0.3, 0.4) is 0 Å². The van der Waals surface area contributed by atoms with Gasteiger partial charge in [0, 0.05) is 36.1 Å². The second-order valence-corrected chi connectivity index (χ2v) is 8.41. The molecule has 0 aliphatic carbocycles. The molecular weight excluding hydrogens is 378 g/mol. The van der Waals surface area contributed by atoms with Crippen molar-refractivity contribution in [1.29, 1.82) is 0 Å². The number of likely N-dealkylation sites (tertiary alicyclic amines) is 1. The predicted octanol–water partition coefficient (Wildman–Crippen LogP) is 2.71. The number of carbonyl (C=O) groups excluding carboxylic acids is 2. The first kappa shape index (κ1) is 20.1. The Bertz CT molecular complexity index is 900. The van der Waals surface area contributed by atoms with Crippen LogP contribution in [0.5, 0.6) is 0 Å². The topological polar surface area (TPSA) is 113 Å². The predicted molar refractivity (Wildman–Crippen MR) is 109 cm³/mol. The summed E-state index contributed by atoms with van der Waals surface area (Å²) in [5.74, 6) is -1.19. The summed E-state index contributed by atoms with van der Waals surface area (Å²) in [7, 11) is 0. The van der Waals surface area contributed by atoms with Gasteiger partial charge in [0.2, 0.25) is 5.91 Å². The van der Waals surface area contributed by atoms with Gasteiger partial charge in [-0.25, -0.2) is 0 Å². The molecule has 8 heteroatoms. The molecule has 28 heavy (non-hydrogen) atoms. The highest BCUT2D eigenvalue weighted by Crippen LogP contribution is 2.40. The lowest BCUT2D eigenvalue weighted by Gasteiger charge is -2.40. The van der Waals surface area contributed by atoms with Gasteiger partial charge in [-0.15, -0.1) is 11.3 Å². The van der Waals surface area contributed by atoms with Gasteiger partial charge in [-0.2, -0.15) is 0 Å². The zero-order valence-electron chi connectivity index (χ0n) is 15.9. The Hall–Kier alpha value is -2.61. The number of carboxylic acids is 1. The maximum absolute atomic E-state index is 13.1. The minimum Gasteiger partial charge on any atom is -0.481 e. The number of aliphatic carboxylic acids is 1. The van der Waals surface area contributed by atoms with Crippen molar-refractivity contribution in [1.82, 2.24) is 10.2 Å². The van der Waals surface area contributed by atoms with Crippen molar-refractivity contribution in [2.24, 2.45) is 5.41 Å². The van der Waals surface area contributed by atoms with Crippen molar-refractivity contribution >= 4 is 44.2 Å². The number of thiophene rings is 1. The summed E-state index contributed by atoms with van der Waals surface area (Å²) >= 11 is 1.39. The molecule has 1 saturated heterocycles. The lowest BCUT2D eigenvalue weighted by Crippen LogP contribution is -2.46. The van der Waals surface area contributed by atoms with E-state index in [2.05, 4.69) is 5.32 Å². The highest BCUT2D eigenvalue weighted by molar-refractivity contribution is 7.23. The van der Waals surface area contributed by atoms with Crippen molar-refractivity contribution in [2.75, 3.05) is 25.4 Å². The Morgan fingerprint density at radius 3 is 2.54 bits per heavy atom. The minimum absolute atomic E-state index is 0.0737. The molecule has 1 aromatic heterocycles. The van der Waals surface area contributed by atoms with Crippen molar-refractivity contribution in [3.05, 3.63) is 29.8 Å². The molecule has 0 bridgehead atoms. The van der Waals surface area contributed by atoms with Gasteiger partial charge in [-0.05, 0) is 31.2 Å². The zero-order valence-corrected chi connectivity index (χ0v) is 16.7. The van der Waals surface area contributed by atoms with E-state index >= 15 is 0 Å². The SMILES string of the molecule is CCNC(=O)CC1(CC(=O)O)CCN(C(=O)c2c(N)sc3ccccc23)CC1. The van der Waals surface area contributed by atoms with Crippen LogP contribution >= 0.6 is 11.3 Å². The van der Waals surface area contributed by atoms with Gasteiger partial charge >= 0.3 is 5.97 Å². The van der Waals surface area contributed by atoms with E-state index in [1.54, 1.807) is 4.90 Å². The van der Waals surface area contributed by atoms with E-state index < -0.39 is 11.4 Å². The first-order valence-electron chi connectivity index (χ1n) is 9.40. The van der Waals surface area contributed by atoms with Crippen LogP contribution in [0.4, 0.5) is 5.00 Å². The molecule has 2 heterocycles. The molecule has 2 amide bonds. The number of nitrogens with two attached hydrogens (primary N) is 1. The number of hydrogen-bond donors (Lipinski definition) is 3. The molecule has 7 nitrogen and oxygen atoms in total. The molecule has 150 valence electrons. The third kappa shape index (κ3) is 4.11. The quantitative estimate of drug-likeness (QED) is 0.686. The van der Waals surface area contributed by atoms with Crippen LogP contribution in [-0.4, -0.2) is 47.4 Å². The van der Waals surface area contributed by atoms with E-state index in [1.165, 1.54) is 11.3 Å². The molecule has 1 aliphatic heterocycles. The normalized spacial score (nSPS) is 16.1. The molecule has 2 aromatic rings. The summed E-state index contributed by atoms with van der Waals surface area (Å²) < 4.78 is 0.969. The lowest BCUT2D eigenvalue weighted by atomic mass is 9.72. The van der Waals surface area contributed by atoms with Crippen LogP contribution in [0.15, 0.2) is 24.3 Å². The van der Waals surface area contributed by atoms with E-state index in [9.17, 15) is 19.5 Å². The van der Waals surface area contributed by atoms with Crippen molar-refractivity contribution in [2.45, 2.75) is 32.6 Å². The molecule has 0 unspecified atom stereocenters. The summed E-state index contributed by atoms with van der Waals surface area (Å²) in [6.45, 7) is 3.17. The van der Waals surface area contributed by atoms with Crippen LogP contribution < -0.4 is 11.1 Å². The average molecular weight is 404 g/mol. The summed E-state index contributed by atoms with van der Waals surface area (Å²) in [6.07, 6.45) is 1.04. The van der Waals surface area contributed by atoms with E-state index in [1.807, 2.05) is 31.2 Å². The number of anilines is 1. The number of amides is 2. The average Bonchev–Trinajstić information content (AvgIpc) is 2.97. The molecule has 0 spiro atoms. The third-order valence-electron chi connectivity index (χ3n) is 5.38. The van der Waals surface area contributed by atoms with Crippen LogP contribution in [-0.2, 0) is 9.59 Å². The highest BCUT2D eigenvalue weighted by Gasteiger charge is 2.40. The van der Waals surface area contributed by atoms with Gasteiger partial charge in [0.25, 0.3) is 5.91 Å². The number of carboxylic acid groups (broad SMARTS) is 1. The molecule has 1 aromatic carbocycles. The second kappa shape index (κ2) is 8.18. The Balaban J connectivity index is 1.77. The maximum atomic E-state index is 13.1. The van der Waals surface area contributed by atoms with Gasteiger partial charge in [0.1, 0.15) is 0 Å². The number of rotatable bonds is 6. The molecular formula is C20H25N3O4S. The monoisotopic (exact) mass is 403 g/mol. The molecule has 0 saturated carbocycles. The summed E-state index contributed by atoms with van der Waals surface area (Å²) in [5, 5.41) is 13.4. The van der Waals surface area contributed by atoms with Crippen LogP contribution in [0.25, 0.3) is 10.1 Å². The number of nitrogen functional groups attached to an aromatic ring is 1. The highest BCUT2D eigenvalue weighted by atomic mass is 32.1. The summed E-state index contributed by atoms with van der Waals surface area (Å²) in [6, 6.07) is 7.62. The van der Waals surface area contributed by atoms with E-state index in [0.29, 0.717) is 43.0 Å². The van der Waals surface area contributed by atoms with Crippen molar-refractivity contribution < 1.29 is 19.5 Å². The number of piperidine rings is 1. The smallest absolute Gasteiger partial charge is 0.303 e. The fraction of sp³-hybridized carbons (Fsp3) is 0.450. The summed E-state index contributed by atoms with van der Waals surface area (Å²) in [5.41, 5.74) is 6.02. The van der Waals surface area contributed by atoms with Crippen molar-refractivity contribution in [3.63, 3.8) is 0 Å². The molecule has 4 N–H and O–H groups in total. The standard InChI is InChI=1S/C20H25N3O4S/c1-2-22-15(24)11-20(12-16(25)26)7-9-23(10-8-20)19(27)17-13-5-3-4-6-14(13)28-18(17)21/h3-6H,2,7-12,21H2,1H3,(H,22,24)(H,25,26). The van der Waals surface area contributed by atoms with Crippen LogP contribution in [0.2, 0.25) is 0 Å². The second-order valence-electron chi connectivity index (χ2n) is 7.33. The molecule has 1 aliphatic rings. The fourth-order valence-electron chi connectivity index (χ4n) is 3.96. The minimum atomic E-state index is -0.919. The third-order valence-corrected chi connectivity index (χ3v) is 6.38. The number of fused-ring (bicyclic) bond motifs is 1.